The Labute approximate surface area is 214 Å². The Kier molecular flexibility index (Phi) is 7.40. The lowest BCUT2D eigenvalue weighted by Crippen LogP contribution is -2.34. The summed E-state index contributed by atoms with van der Waals surface area (Å²) < 4.78 is 8.59. The van der Waals surface area contributed by atoms with Gasteiger partial charge < -0.3 is 25.7 Å². The molecule has 2 aromatic carbocycles. The molecule has 36 heavy (non-hydrogen) atoms. The molecule has 2 amide bonds. The Balaban J connectivity index is 1.35. The van der Waals surface area contributed by atoms with Gasteiger partial charge in [0, 0.05) is 34.8 Å². The molecule has 6 heteroatoms. The Bertz CT molecular complexity index is 1190. The number of aromatic nitrogens is 1. The van der Waals surface area contributed by atoms with Crippen molar-refractivity contribution in [2.45, 2.75) is 83.7 Å². The summed E-state index contributed by atoms with van der Waals surface area (Å²) in [5.41, 5.74) is 11.6. The molecular weight excluding hydrogens is 448 g/mol. The van der Waals surface area contributed by atoms with Crippen molar-refractivity contribution in [1.82, 2.24) is 9.88 Å². The molecule has 0 bridgehead atoms. The normalized spacial score (nSPS) is 16.1. The number of urea groups is 1. The predicted molar refractivity (Wildman–Crippen MR) is 149 cm³/mol. The van der Waals surface area contributed by atoms with E-state index in [0.717, 1.165) is 71.1 Å². The van der Waals surface area contributed by atoms with Gasteiger partial charge in [0.2, 0.25) is 0 Å². The molecule has 0 atom stereocenters. The topological polar surface area (TPSA) is 81.3 Å². The van der Waals surface area contributed by atoms with Gasteiger partial charge in [0.25, 0.3) is 0 Å². The number of nitrogens with two attached hydrogens (primary N) is 1. The molecule has 0 spiro atoms. The van der Waals surface area contributed by atoms with Crippen LogP contribution in [0.25, 0.3) is 22.2 Å². The van der Waals surface area contributed by atoms with Gasteiger partial charge in [-0.1, -0.05) is 37.8 Å². The molecule has 5 rings (SSSR count). The third-order valence-electron chi connectivity index (χ3n) is 7.79. The van der Waals surface area contributed by atoms with Crippen molar-refractivity contribution in [3.63, 3.8) is 0 Å². The van der Waals surface area contributed by atoms with Crippen molar-refractivity contribution >= 4 is 28.3 Å². The zero-order valence-electron chi connectivity index (χ0n) is 21.7. The first-order chi connectivity index (χ1) is 17.5. The quantitative estimate of drug-likeness (QED) is 0.259. The molecule has 0 radical (unpaired) electrons. The highest BCUT2D eigenvalue weighted by Crippen LogP contribution is 2.45. The minimum atomic E-state index is -0.198. The smallest absolute Gasteiger partial charge is 0.319 e. The van der Waals surface area contributed by atoms with E-state index in [1.807, 2.05) is 38.1 Å². The number of rotatable bonds is 10. The van der Waals surface area contributed by atoms with Gasteiger partial charge in [0.1, 0.15) is 5.75 Å². The summed E-state index contributed by atoms with van der Waals surface area (Å²) in [5, 5.41) is 6.83. The summed E-state index contributed by atoms with van der Waals surface area (Å²) in [6, 6.07) is 14.6. The van der Waals surface area contributed by atoms with Crippen LogP contribution in [0.2, 0.25) is 0 Å². The van der Waals surface area contributed by atoms with Crippen molar-refractivity contribution in [2.75, 3.05) is 17.7 Å². The Morgan fingerprint density at radius 1 is 1.06 bits per heavy atom. The predicted octanol–water partition coefficient (Wildman–Crippen LogP) is 7.49. The Morgan fingerprint density at radius 2 is 1.81 bits per heavy atom. The summed E-state index contributed by atoms with van der Waals surface area (Å²) in [7, 11) is 0. The number of benzene rings is 2. The van der Waals surface area contributed by atoms with Gasteiger partial charge in [-0.25, -0.2) is 4.79 Å². The highest BCUT2D eigenvalue weighted by Gasteiger charge is 2.27. The van der Waals surface area contributed by atoms with Crippen LogP contribution in [0.5, 0.6) is 5.75 Å². The lowest BCUT2D eigenvalue weighted by atomic mass is 9.82. The molecule has 1 heterocycles. The SMILES string of the molecule is CC(C)NC(=O)Nc1ccc(-c2c(N)c3ccc(OCCCCC4CCC4)cc3n2C2CCC2)cc1. The minimum Gasteiger partial charge on any atom is -0.494 e. The lowest BCUT2D eigenvalue weighted by molar-refractivity contribution is 0.250. The molecule has 192 valence electrons. The van der Waals surface area contributed by atoms with Gasteiger partial charge in [-0.2, -0.15) is 0 Å². The third kappa shape index (κ3) is 5.32. The standard InChI is InChI=1S/C30H40N4O2/c1-20(2)32-30(35)33-23-14-12-22(13-15-23)29-28(31)26-17-16-25(19-27(26)34(29)24-10-6-11-24)36-18-4-3-7-21-8-5-9-21/h12-17,19-21,24H,3-11,18,31H2,1-2H3,(H2,32,33,35). The highest BCUT2D eigenvalue weighted by molar-refractivity contribution is 6.02. The lowest BCUT2D eigenvalue weighted by Gasteiger charge is -2.30. The number of hydrogen-bond donors (Lipinski definition) is 3. The number of nitrogen functional groups attached to an aromatic ring is 1. The van der Waals surface area contributed by atoms with E-state index in [-0.39, 0.29) is 12.1 Å². The van der Waals surface area contributed by atoms with E-state index in [9.17, 15) is 4.79 Å². The van der Waals surface area contributed by atoms with Crippen LogP contribution < -0.4 is 21.1 Å². The number of anilines is 2. The van der Waals surface area contributed by atoms with Crippen LogP contribution in [0.4, 0.5) is 16.2 Å². The fraction of sp³-hybridized carbons (Fsp3) is 0.500. The zero-order valence-corrected chi connectivity index (χ0v) is 21.7. The van der Waals surface area contributed by atoms with Gasteiger partial charge in [-0.05, 0) is 76.1 Å². The first-order valence-electron chi connectivity index (χ1n) is 13.7. The number of carbonyl (C=O) groups is 1. The minimum absolute atomic E-state index is 0.0865. The van der Waals surface area contributed by atoms with E-state index in [1.54, 1.807) is 0 Å². The Hall–Kier alpha value is -3.15. The van der Waals surface area contributed by atoms with E-state index < -0.39 is 0 Å². The van der Waals surface area contributed by atoms with Crippen molar-refractivity contribution < 1.29 is 9.53 Å². The molecule has 1 aromatic heterocycles. The van der Waals surface area contributed by atoms with E-state index in [2.05, 4.69) is 33.4 Å². The summed E-state index contributed by atoms with van der Waals surface area (Å²) in [6.45, 7) is 4.65. The monoisotopic (exact) mass is 488 g/mol. The number of ether oxygens (including phenoxy) is 1. The fourth-order valence-electron chi connectivity index (χ4n) is 5.37. The maximum absolute atomic E-state index is 12.1. The van der Waals surface area contributed by atoms with E-state index in [4.69, 9.17) is 10.5 Å². The first kappa shape index (κ1) is 24.5. The number of nitrogens with one attached hydrogen (secondary N) is 2. The molecule has 6 nitrogen and oxygen atoms in total. The molecule has 2 aliphatic rings. The van der Waals surface area contributed by atoms with Gasteiger partial charge in [0.05, 0.1) is 23.5 Å². The number of nitrogens with zero attached hydrogens (tertiary/aromatic N) is 1. The highest BCUT2D eigenvalue weighted by atomic mass is 16.5. The molecule has 3 aromatic rings. The average Bonchev–Trinajstić information content (AvgIpc) is 3.05. The van der Waals surface area contributed by atoms with Gasteiger partial charge >= 0.3 is 6.03 Å². The van der Waals surface area contributed by atoms with Crippen LogP contribution in [0.15, 0.2) is 42.5 Å². The molecule has 0 saturated heterocycles. The summed E-state index contributed by atoms with van der Waals surface area (Å²) in [5.74, 6) is 1.89. The number of hydrogen-bond acceptors (Lipinski definition) is 3. The first-order valence-corrected chi connectivity index (χ1v) is 13.7. The van der Waals surface area contributed by atoms with E-state index in [1.165, 1.54) is 38.5 Å². The third-order valence-corrected chi connectivity index (χ3v) is 7.79. The molecule has 2 fully saturated rings. The second kappa shape index (κ2) is 10.9. The van der Waals surface area contributed by atoms with Crippen molar-refractivity contribution in [2.24, 2.45) is 5.92 Å². The number of carbonyl (C=O) groups excluding carboxylic acids is 1. The van der Waals surface area contributed by atoms with Gasteiger partial charge in [-0.3, -0.25) is 0 Å². The van der Waals surface area contributed by atoms with Crippen molar-refractivity contribution in [3.8, 4) is 17.0 Å². The second-order valence-electron chi connectivity index (χ2n) is 10.9. The van der Waals surface area contributed by atoms with E-state index >= 15 is 0 Å². The van der Waals surface area contributed by atoms with Crippen LogP contribution in [0.3, 0.4) is 0 Å². The largest absolute Gasteiger partial charge is 0.494 e. The van der Waals surface area contributed by atoms with Crippen LogP contribution in [-0.4, -0.2) is 23.2 Å². The summed E-state index contributed by atoms with van der Waals surface area (Å²) >= 11 is 0. The van der Waals surface area contributed by atoms with Crippen LogP contribution >= 0.6 is 0 Å². The van der Waals surface area contributed by atoms with Gasteiger partial charge in [0.15, 0.2) is 0 Å². The zero-order chi connectivity index (χ0) is 25.1. The van der Waals surface area contributed by atoms with E-state index in [0.29, 0.717) is 6.04 Å². The maximum atomic E-state index is 12.1. The summed E-state index contributed by atoms with van der Waals surface area (Å²) in [6.07, 6.45) is 11.6. The molecule has 0 aliphatic heterocycles. The summed E-state index contributed by atoms with van der Waals surface area (Å²) in [4.78, 5) is 12.1. The van der Waals surface area contributed by atoms with Crippen molar-refractivity contribution in [3.05, 3.63) is 42.5 Å². The molecule has 4 N–H and O–H groups in total. The number of unbranched alkanes of at least 4 members (excludes halogenated alkanes) is 1. The molecule has 0 unspecified atom stereocenters. The number of amides is 2. The molecule has 2 aliphatic carbocycles. The van der Waals surface area contributed by atoms with Crippen molar-refractivity contribution in [1.29, 1.82) is 0 Å². The molecular formula is C30H40N4O2. The van der Waals surface area contributed by atoms with Crippen LogP contribution in [0, 0.1) is 5.92 Å². The fourth-order valence-corrected chi connectivity index (χ4v) is 5.37. The molecule has 2 saturated carbocycles. The Morgan fingerprint density at radius 3 is 2.44 bits per heavy atom. The van der Waals surface area contributed by atoms with Gasteiger partial charge in [-0.15, -0.1) is 0 Å². The number of fused-ring (bicyclic) bond motifs is 1. The average molecular weight is 489 g/mol. The maximum Gasteiger partial charge on any atom is 0.319 e. The van der Waals surface area contributed by atoms with Crippen LogP contribution in [0.1, 0.15) is 77.7 Å². The second-order valence-corrected chi connectivity index (χ2v) is 10.9. The van der Waals surface area contributed by atoms with Crippen LogP contribution in [-0.2, 0) is 0 Å².